The summed E-state index contributed by atoms with van der Waals surface area (Å²) in [5.74, 6) is 0. The first-order chi connectivity index (χ1) is 8.18. The molecule has 4 heteroatoms. The Labute approximate surface area is 105 Å². The molecule has 86 valence electrons. The molecule has 0 aliphatic carbocycles. The molecule has 0 heterocycles. The van der Waals surface area contributed by atoms with Crippen LogP contribution in [0.1, 0.15) is 0 Å². The van der Waals surface area contributed by atoms with Gasteiger partial charge in [-0.25, -0.2) is 4.79 Å². The van der Waals surface area contributed by atoms with Gasteiger partial charge in [-0.3, -0.25) is 4.90 Å². The van der Waals surface area contributed by atoms with Crippen LogP contribution < -0.4 is 10.6 Å². The maximum absolute atomic E-state index is 11.5. The molecule has 0 fully saturated rings. The largest absolute Gasteiger partial charge is 0.351 e. The van der Waals surface area contributed by atoms with E-state index in [0.717, 1.165) is 16.3 Å². The van der Waals surface area contributed by atoms with Crippen molar-refractivity contribution in [2.75, 3.05) is 4.90 Å². The smallest absolute Gasteiger partial charge is 0.323 e. The Kier molecular flexibility index (Phi) is 3.35. The summed E-state index contributed by atoms with van der Waals surface area (Å²) >= 11 is 4.20. The van der Waals surface area contributed by atoms with Gasteiger partial charge in [0, 0.05) is 4.90 Å². The van der Waals surface area contributed by atoms with Gasteiger partial charge in [-0.2, -0.15) is 0 Å². The lowest BCUT2D eigenvalue weighted by Gasteiger charge is -2.20. The summed E-state index contributed by atoms with van der Waals surface area (Å²) in [5, 5.41) is 0. The Bertz CT molecular complexity index is 511. The van der Waals surface area contributed by atoms with Gasteiger partial charge in [0.05, 0.1) is 11.4 Å². The first kappa shape index (κ1) is 11.5. The number of nitrogens with two attached hydrogens (primary N) is 1. The van der Waals surface area contributed by atoms with Crippen molar-refractivity contribution in [1.82, 2.24) is 0 Å². The molecule has 3 nitrogen and oxygen atoms in total. The summed E-state index contributed by atoms with van der Waals surface area (Å²) in [7, 11) is 0. The molecule has 0 radical (unpaired) electrons. The predicted octanol–water partition coefficient (Wildman–Crippen LogP) is 3.19. The second-order valence-corrected chi connectivity index (χ2v) is 4.04. The van der Waals surface area contributed by atoms with Crippen LogP contribution in [-0.2, 0) is 0 Å². The molecular weight excluding hydrogens is 232 g/mol. The van der Waals surface area contributed by atoms with Crippen LogP contribution in [0.25, 0.3) is 0 Å². The normalized spacial score (nSPS) is 9.94. The maximum atomic E-state index is 11.5. The topological polar surface area (TPSA) is 46.3 Å². The summed E-state index contributed by atoms with van der Waals surface area (Å²) in [4.78, 5) is 13.8. The highest BCUT2D eigenvalue weighted by Gasteiger charge is 2.13. The van der Waals surface area contributed by atoms with Crippen LogP contribution in [0.5, 0.6) is 0 Å². The fourth-order valence-corrected chi connectivity index (χ4v) is 1.73. The van der Waals surface area contributed by atoms with Gasteiger partial charge in [-0.05, 0) is 36.4 Å². The van der Waals surface area contributed by atoms with Gasteiger partial charge in [-0.1, -0.05) is 18.2 Å². The highest BCUT2D eigenvalue weighted by atomic mass is 32.1. The molecule has 0 spiro atoms. The quantitative estimate of drug-likeness (QED) is 0.783. The molecule has 2 amide bonds. The average molecular weight is 244 g/mol. The number of rotatable bonds is 2. The number of nitrogens with zero attached hydrogens (tertiary/aromatic N) is 1. The second-order valence-electron chi connectivity index (χ2n) is 3.53. The molecule has 2 aromatic carbocycles. The van der Waals surface area contributed by atoms with Gasteiger partial charge < -0.3 is 5.73 Å². The molecule has 0 saturated carbocycles. The van der Waals surface area contributed by atoms with Gasteiger partial charge in [0.2, 0.25) is 0 Å². The van der Waals surface area contributed by atoms with Gasteiger partial charge in [-0.15, -0.1) is 12.6 Å². The van der Waals surface area contributed by atoms with Crippen molar-refractivity contribution in [2.24, 2.45) is 5.73 Å². The Morgan fingerprint density at radius 3 is 2.00 bits per heavy atom. The van der Waals surface area contributed by atoms with Crippen LogP contribution >= 0.6 is 12.6 Å². The molecule has 0 bridgehead atoms. The van der Waals surface area contributed by atoms with E-state index < -0.39 is 6.03 Å². The van der Waals surface area contributed by atoms with Crippen molar-refractivity contribution in [1.29, 1.82) is 0 Å². The van der Waals surface area contributed by atoms with Crippen molar-refractivity contribution in [3.8, 4) is 0 Å². The molecule has 0 aliphatic heterocycles. The van der Waals surface area contributed by atoms with Crippen LogP contribution in [0, 0.1) is 0 Å². The molecule has 17 heavy (non-hydrogen) atoms. The third-order valence-corrected chi connectivity index (χ3v) is 2.64. The van der Waals surface area contributed by atoms with E-state index in [-0.39, 0.29) is 0 Å². The van der Waals surface area contributed by atoms with E-state index >= 15 is 0 Å². The Hall–Kier alpha value is -1.94. The van der Waals surface area contributed by atoms with Crippen LogP contribution in [0.4, 0.5) is 16.2 Å². The van der Waals surface area contributed by atoms with Crippen molar-refractivity contribution in [3.63, 3.8) is 0 Å². The number of thiol groups is 1. The molecule has 0 atom stereocenters. The van der Waals surface area contributed by atoms with Crippen LogP contribution in [0.3, 0.4) is 0 Å². The van der Waals surface area contributed by atoms with Crippen molar-refractivity contribution in [3.05, 3.63) is 54.6 Å². The number of hydrogen-bond donors (Lipinski definition) is 2. The fraction of sp³-hybridized carbons (Fsp3) is 0. The van der Waals surface area contributed by atoms with E-state index in [0.29, 0.717) is 0 Å². The summed E-state index contributed by atoms with van der Waals surface area (Å²) in [6.45, 7) is 0. The lowest BCUT2D eigenvalue weighted by atomic mass is 10.2. The number of para-hydroxylation sites is 1. The Balaban J connectivity index is 2.43. The molecule has 0 aliphatic rings. The molecule has 2 N–H and O–H groups in total. The van der Waals surface area contributed by atoms with E-state index in [1.807, 2.05) is 42.5 Å². The van der Waals surface area contributed by atoms with E-state index in [4.69, 9.17) is 5.73 Å². The second kappa shape index (κ2) is 4.93. The highest BCUT2D eigenvalue weighted by molar-refractivity contribution is 7.80. The van der Waals surface area contributed by atoms with Crippen LogP contribution in [0.15, 0.2) is 59.5 Å². The predicted molar refractivity (Wildman–Crippen MR) is 71.9 cm³/mol. The minimum absolute atomic E-state index is 0.511. The third kappa shape index (κ3) is 2.60. The molecule has 2 rings (SSSR count). The minimum atomic E-state index is -0.511. The fourth-order valence-electron chi connectivity index (χ4n) is 1.58. The first-order valence-electron chi connectivity index (χ1n) is 5.12. The molecular formula is C13H12N2OS. The van der Waals surface area contributed by atoms with Crippen molar-refractivity contribution < 1.29 is 4.79 Å². The minimum Gasteiger partial charge on any atom is -0.351 e. The Morgan fingerprint density at radius 1 is 0.941 bits per heavy atom. The number of primary amides is 1. The number of carbonyl (C=O) groups is 1. The zero-order valence-electron chi connectivity index (χ0n) is 9.08. The number of hydrogen-bond acceptors (Lipinski definition) is 2. The molecule has 2 aromatic rings. The van der Waals surface area contributed by atoms with E-state index in [2.05, 4.69) is 12.6 Å². The monoisotopic (exact) mass is 244 g/mol. The summed E-state index contributed by atoms with van der Waals surface area (Å²) in [6, 6.07) is 16.0. The lowest BCUT2D eigenvalue weighted by molar-refractivity contribution is 0.256. The maximum Gasteiger partial charge on any atom is 0.323 e. The zero-order chi connectivity index (χ0) is 12.3. The van der Waals surface area contributed by atoms with Crippen molar-refractivity contribution >= 4 is 30.0 Å². The molecule has 0 aromatic heterocycles. The highest BCUT2D eigenvalue weighted by Crippen LogP contribution is 2.25. The number of carbonyl (C=O) groups excluding carboxylic acids is 1. The number of urea groups is 1. The molecule has 0 unspecified atom stereocenters. The van der Waals surface area contributed by atoms with E-state index in [1.54, 1.807) is 12.1 Å². The molecule has 0 saturated heterocycles. The number of amides is 2. The van der Waals surface area contributed by atoms with Gasteiger partial charge in [0.15, 0.2) is 0 Å². The van der Waals surface area contributed by atoms with E-state index in [9.17, 15) is 4.79 Å². The average Bonchev–Trinajstić information content (AvgIpc) is 2.33. The van der Waals surface area contributed by atoms with E-state index in [1.165, 1.54) is 4.90 Å². The van der Waals surface area contributed by atoms with Crippen LogP contribution in [0.2, 0.25) is 0 Å². The standard InChI is InChI=1S/C13H12N2OS/c14-13(16)15(10-4-2-1-3-5-10)11-6-8-12(17)9-7-11/h1-9,17H,(H2,14,16). The van der Waals surface area contributed by atoms with Gasteiger partial charge >= 0.3 is 6.03 Å². The zero-order valence-corrected chi connectivity index (χ0v) is 9.97. The van der Waals surface area contributed by atoms with Crippen LogP contribution in [-0.4, -0.2) is 6.03 Å². The third-order valence-electron chi connectivity index (χ3n) is 2.34. The first-order valence-corrected chi connectivity index (χ1v) is 5.57. The SMILES string of the molecule is NC(=O)N(c1ccccc1)c1ccc(S)cc1. The summed E-state index contributed by atoms with van der Waals surface area (Å²) in [5.41, 5.74) is 6.87. The van der Waals surface area contributed by atoms with Crippen molar-refractivity contribution in [2.45, 2.75) is 4.90 Å². The number of benzene rings is 2. The number of anilines is 2. The summed E-state index contributed by atoms with van der Waals surface area (Å²) < 4.78 is 0. The summed E-state index contributed by atoms with van der Waals surface area (Å²) in [6.07, 6.45) is 0. The van der Waals surface area contributed by atoms with Gasteiger partial charge in [0.25, 0.3) is 0 Å². The van der Waals surface area contributed by atoms with Gasteiger partial charge in [0.1, 0.15) is 0 Å². The Morgan fingerprint density at radius 2 is 1.47 bits per heavy atom. The lowest BCUT2D eigenvalue weighted by Crippen LogP contribution is -2.31.